The molecule has 4 aromatic rings. The summed E-state index contributed by atoms with van der Waals surface area (Å²) in [4.78, 5) is 17.1. The first-order valence-electron chi connectivity index (χ1n) is 10.2. The molecule has 0 saturated heterocycles. The first-order chi connectivity index (χ1) is 14.8. The van der Waals surface area contributed by atoms with Crippen molar-refractivity contribution in [1.29, 1.82) is 0 Å². The number of amides is 1. The minimum absolute atomic E-state index is 0.0434. The van der Waals surface area contributed by atoms with Crippen LogP contribution >= 0.6 is 0 Å². The van der Waals surface area contributed by atoms with Crippen molar-refractivity contribution in [2.45, 2.75) is 19.4 Å². The van der Waals surface area contributed by atoms with Crippen molar-refractivity contribution in [3.63, 3.8) is 0 Å². The van der Waals surface area contributed by atoms with Gasteiger partial charge in [0.1, 0.15) is 11.6 Å². The molecule has 5 heteroatoms. The molecule has 0 bridgehead atoms. The van der Waals surface area contributed by atoms with E-state index in [1.165, 1.54) is 0 Å². The van der Waals surface area contributed by atoms with Gasteiger partial charge in [0.2, 0.25) is 0 Å². The fourth-order valence-electron chi connectivity index (χ4n) is 3.64. The molecular weight excluding hydrogens is 374 g/mol. The number of rotatable bonds is 8. The number of hydrogen-bond donors (Lipinski definition) is 1. The lowest BCUT2D eigenvalue weighted by Crippen LogP contribution is -2.24. The number of benzene rings is 3. The minimum Gasteiger partial charge on any atom is -0.496 e. The van der Waals surface area contributed by atoms with E-state index in [1.807, 2.05) is 66.7 Å². The number of methoxy groups -OCH3 is 1. The second-order valence-electron chi connectivity index (χ2n) is 7.14. The van der Waals surface area contributed by atoms with Crippen molar-refractivity contribution < 1.29 is 9.53 Å². The molecule has 1 aromatic heterocycles. The van der Waals surface area contributed by atoms with E-state index in [0.29, 0.717) is 18.7 Å². The molecule has 1 heterocycles. The number of ether oxygens (including phenoxy) is 1. The molecule has 0 saturated carbocycles. The number of aryl methyl sites for hydroxylation is 1. The zero-order valence-electron chi connectivity index (χ0n) is 17.0. The number of nitrogens with zero attached hydrogens (tertiary/aromatic N) is 2. The highest BCUT2D eigenvalue weighted by molar-refractivity contribution is 5.94. The van der Waals surface area contributed by atoms with Gasteiger partial charge in [-0.05, 0) is 36.8 Å². The molecule has 5 nitrogen and oxygen atoms in total. The van der Waals surface area contributed by atoms with E-state index in [-0.39, 0.29) is 5.91 Å². The summed E-state index contributed by atoms with van der Waals surface area (Å²) in [6.07, 6.45) is 1.59. The minimum atomic E-state index is -0.0434. The van der Waals surface area contributed by atoms with Crippen molar-refractivity contribution in [3.8, 4) is 5.75 Å². The fourth-order valence-corrected chi connectivity index (χ4v) is 3.64. The molecule has 4 rings (SSSR count). The zero-order chi connectivity index (χ0) is 20.8. The van der Waals surface area contributed by atoms with E-state index in [1.54, 1.807) is 7.11 Å². The van der Waals surface area contributed by atoms with Crippen molar-refractivity contribution in [2.75, 3.05) is 13.7 Å². The van der Waals surface area contributed by atoms with Gasteiger partial charge in [-0.2, -0.15) is 0 Å². The Kier molecular flexibility index (Phi) is 6.09. The summed E-state index contributed by atoms with van der Waals surface area (Å²) in [7, 11) is 1.70. The third kappa shape index (κ3) is 4.35. The smallest absolute Gasteiger partial charge is 0.251 e. The average Bonchev–Trinajstić information content (AvgIpc) is 3.15. The average molecular weight is 399 g/mol. The maximum Gasteiger partial charge on any atom is 0.251 e. The highest BCUT2D eigenvalue weighted by Gasteiger charge is 2.13. The fraction of sp³-hybridized carbons (Fsp3) is 0.200. The number of hydrogen-bond acceptors (Lipinski definition) is 3. The Labute approximate surface area is 176 Å². The van der Waals surface area contributed by atoms with E-state index < -0.39 is 0 Å². The van der Waals surface area contributed by atoms with Crippen LogP contribution in [0.2, 0.25) is 0 Å². The summed E-state index contributed by atoms with van der Waals surface area (Å²) in [5.74, 6) is 1.84. The molecule has 0 aliphatic carbocycles. The third-order valence-electron chi connectivity index (χ3n) is 5.15. The van der Waals surface area contributed by atoms with Gasteiger partial charge in [0, 0.05) is 24.1 Å². The molecule has 0 aliphatic rings. The van der Waals surface area contributed by atoms with Crippen LogP contribution in [0.4, 0.5) is 0 Å². The van der Waals surface area contributed by atoms with Gasteiger partial charge in [-0.1, -0.05) is 48.5 Å². The molecule has 0 unspecified atom stereocenters. The van der Waals surface area contributed by atoms with E-state index in [2.05, 4.69) is 22.0 Å². The van der Waals surface area contributed by atoms with Gasteiger partial charge in [-0.15, -0.1) is 0 Å². The standard InChI is InChI=1S/C25H25N3O2/c1-30-23-15-8-5-12-20(23)18-28-22-14-7-6-13-21(22)27-24(28)16-9-17-26-25(29)19-10-3-2-4-11-19/h2-8,10-15H,9,16-18H2,1H3,(H,26,29). The normalized spacial score (nSPS) is 10.8. The Bertz CT molecular complexity index is 1140. The highest BCUT2D eigenvalue weighted by atomic mass is 16.5. The Morgan fingerprint density at radius 2 is 1.70 bits per heavy atom. The Morgan fingerprint density at radius 1 is 0.967 bits per heavy atom. The summed E-state index contributed by atoms with van der Waals surface area (Å²) >= 11 is 0. The summed E-state index contributed by atoms with van der Waals surface area (Å²) < 4.78 is 7.77. The van der Waals surface area contributed by atoms with Gasteiger partial charge in [-0.3, -0.25) is 4.79 Å². The van der Waals surface area contributed by atoms with Crippen LogP contribution in [0.15, 0.2) is 78.9 Å². The second-order valence-corrected chi connectivity index (χ2v) is 7.14. The van der Waals surface area contributed by atoms with Crippen molar-refractivity contribution in [2.24, 2.45) is 0 Å². The quantitative estimate of drug-likeness (QED) is 0.445. The second kappa shape index (κ2) is 9.27. The lowest BCUT2D eigenvalue weighted by atomic mass is 10.2. The molecule has 0 radical (unpaired) electrons. The molecular formula is C25H25N3O2. The van der Waals surface area contributed by atoms with Gasteiger partial charge >= 0.3 is 0 Å². The molecule has 0 aliphatic heterocycles. The van der Waals surface area contributed by atoms with Crippen molar-refractivity contribution in [3.05, 3.63) is 95.8 Å². The van der Waals surface area contributed by atoms with Crippen LogP contribution in [0.3, 0.4) is 0 Å². The molecule has 30 heavy (non-hydrogen) atoms. The number of carbonyl (C=O) groups excluding carboxylic acids is 1. The first-order valence-corrected chi connectivity index (χ1v) is 10.2. The van der Waals surface area contributed by atoms with Crippen LogP contribution in [0.5, 0.6) is 5.75 Å². The predicted octanol–water partition coefficient (Wildman–Crippen LogP) is 4.46. The largest absolute Gasteiger partial charge is 0.496 e. The van der Waals surface area contributed by atoms with Crippen LogP contribution in [-0.2, 0) is 13.0 Å². The Morgan fingerprint density at radius 3 is 2.53 bits per heavy atom. The maximum atomic E-state index is 12.2. The molecule has 152 valence electrons. The maximum absolute atomic E-state index is 12.2. The van der Waals surface area contributed by atoms with Crippen LogP contribution in [0, 0.1) is 0 Å². The molecule has 1 N–H and O–H groups in total. The van der Waals surface area contributed by atoms with E-state index in [0.717, 1.165) is 41.0 Å². The van der Waals surface area contributed by atoms with Crippen LogP contribution < -0.4 is 10.1 Å². The van der Waals surface area contributed by atoms with Gasteiger partial charge in [0.05, 0.1) is 24.7 Å². The SMILES string of the molecule is COc1ccccc1Cn1c(CCCNC(=O)c2ccccc2)nc2ccccc21. The molecule has 0 spiro atoms. The van der Waals surface area contributed by atoms with Crippen molar-refractivity contribution in [1.82, 2.24) is 14.9 Å². The number of para-hydroxylation sites is 3. The number of carbonyl (C=O) groups is 1. The number of nitrogens with one attached hydrogen (secondary N) is 1. The molecule has 0 fully saturated rings. The van der Waals surface area contributed by atoms with Crippen molar-refractivity contribution >= 4 is 16.9 Å². The first kappa shape index (κ1) is 19.7. The van der Waals surface area contributed by atoms with Gasteiger partial charge in [0.25, 0.3) is 5.91 Å². The monoisotopic (exact) mass is 399 g/mol. The van der Waals surface area contributed by atoms with Gasteiger partial charge in [-0.25, -0.2) is 4.98 Å². The summed E-state index contributed by atoms with van der Waals surface area (Å²) in [6, 6.07) is 25.5. The predicted molar refractivity (Wildman–Crippen MR) is 119 cm³/mol. The molecule has 0 atom stereocenters. The van der Waals surface area contributed by atoms with Crippen LogP contribution in [0.25, 0.3) is 11.0 Å². The Hall–Kier alpha value is -3.60. The lowest BCUT2D eigenvalue weighted by Gasteiger charge is -2.13. The highest BCUT2D eigenvalue weighted by Crippen LogP contribution is 2.23. The number of fused-ring (bicyclic) bond motifs is 1. The van der Waals surface area contributed by atoms with Crippen LogP contribution in [-0.4, -0.2) is 29.1 Å². The zero-order valence-corrected chi connectivity index (χ0v) is 17.0. The molecule has 3 aromatic carbocycles. The van der Waals surface area contributed by atoms with Gasteiger partial charge in [0.15, 0.2) is 0 Å². The third-order valence-corrected chi connectivity index (χ3v) is 5.15. The topological polar surface area (TPSA) is 56.1 Å². The van der Waals surface area contributed by atoms with E-state index in [4.69, 9.17) is 9.72 Å². The number of aromatic nitrogens is 2. The lowest BCUT2D eigenvalue weighted by molar-refractivity contribution is 0.0953. The van der Waals surface area contributed by atoms with E-state index in [9.17, 15) is 4.79 Å². The summed E-state index contributed by atoms with van der Waals surface area (Å²) in [5, 5.41) is 2.99. The van der Waals surface area contributed by atoms with Gasteiger partial charge < -0.3 is 14.6 Å². The van der Waals surface area contributed by atoms with E-state index >= 15 is 0 Å². The van der Waals surface area contributed by atoms with Crippen LogP contribution in [0.1, 0.15) is 28.2 Å². The summed E-state index contributed by atoms with van der Waals surface area (Å²) in [5.41, 5.74) is 3.88. The summed E-state index contributed by atoms with van der Waals surface area (Å²) in [6.45, 7) is 1.29. The number of imidazole rings is 1. The Balaban J connectivity index is 1.48. The molecule has 1 amide bonds.